The summed E-state index contributed by atoms with van der Waals surface area (Å²) in [5.74, 6) is -0.422. The predicted molar refractivity (Wildman–Crippen MR) is 91.4 cm³/mol. The molecule has 1 amide bonds. The number of pyridine rings is 1. The number of carbonyl (C=O) groups is 2. The molecular formula is C19H22N2O3. The summed E-state index contributed by atoms with van der Waals surface area (Å²) in [5.41, 5.74) is 2.40. The largest absolute Gasteiger partial charge is 0.466 e. The second-order valence-electron chi connectivity index (χ2n) is 5.47. The van der Waals surface area contributed by atoms with Gasteiger partial charge in [0.1, 0.15) is 0 Å². The number of aromatic nitrogens is 1. The monoisotopic (exact) mass is 326 g/mol. The van der Waals surface area contributed by atoms with E-state index in [1.165, 1.54) is 0 Å². The average molecular weight is 326 g/mol. The minimum Gasteiger partial charge on any atom is -0.466 e. The molecule has 126 valence electrons. The van der Waals surface area contributed by atoms with Crippen LogP contribution in [-0.4, -0.2) is 34.9 Å². The fourth-order valence-electron chi connectivity index (χ4n) is 2.36. The molecule has 5 heteroatoms. The Kier molecular flexibility index (Phi) is 6.49. The van der Waals surface area contributed by atoms with Crippen molar-refractivity contribution in [3.8, 4) is 0 Å². The number of nitrogens with zero attached hydrogens (tertiary/aromatic N) is 2. The summed E-state index contributed by atoms with van der Waals surface area (Å²) in [5, 5.41) is 0. The standard InChI is InChI=1S/C19H22N2O3/c1-3-24-18(22)10-12-21(14-17-9-4-5-11-20-17)19(23)16-8-6-7-15(2)13-16/h4-9,11,13H,3,10,12,14H2,1-2H3. The van der Waals surface area contributed by atoms with Gasteiger partial charge in [-0.15, -0.1) is 0 Å². The van der Waals surface area contributed by atoms with E-state index in [1.807, 2.05) is 43.3 Å². The normalized spacial score (nSPS) is 10.2. The van der Waals surface area contributed by atoms with Gasteiger partial charge in [0.05, 0.1) is 25.3 Å². The number of rotatable bonds is 7. The molecule has 0 saturated heterocycles. The fourth-order valence-corrected chi connectivity index (χ4v) is 2.36. The van der Waals surface area contributed by atoms with Gasteiger partial charge in [0.15, 0.2) is 0 Å². The Labute approximate surface area is 142 Å². The van der Waals surface area contributed by atoms with Crippen LogP contribution in [0, 0.1) is 6.92 Å². The van der Waals surface area contributed by atoms with Crippen molar-refractivity contribution in [3.05, 3.63) is 65.5 Å². The molecule has 0 fully saturated rings. The molecule has 0 aliphatic carbocycles. The number of hydrogen-bond donors (Lipinski definition) is 0. The molecule has 0 saturated carbocycles. The van der Waals surface area contributed by atoms with Gasteiger partial charge in [-0.2, -0.15) is 0 Å². The van der Waals surface area contributed by atoms with Crippen molar-refractivity contribution in [2.24, 2.45) is 0 Å². The number of hydrogen-bond acceptors (Lipinski definition) is 4. The van der Waals surface area contributed by atoms with E-state index in [1.54, 1.807) is 24.1 Å². The number of aryl methyl sites for hydroxylation is 1. The summed E-state index contributed by atoms with van der Waals surface area (Å²) in [4.78, 5) is 30.4. The summed E-state index contributed by atoms with van der Waals surface area (Å²) in [6.07, 6.45) is 1.86. The Bertz CT molecular complexity index is 686. The van der Waals surface area contributed by atoms with Crippen LogP contribution in [0.5, 0.6) is 0 Å². The number of amides is 1. The summed E-state index contributed by atoms with van der Waals surface area (Å²) in [7, 11) is 0. The Morgan fingerprint density at radius 1 is 1.17 bits per heavy atom. The Morgan fingerprint density at radius 2 is 2.00 bits per heavy atom. The molecular weight excluding hydrogens is 304 g/mol. The Morgan fingerprint density at radius 3 is 2.67 bits per heavy atom. The van der Waals surface area contributed by atoms with Gasteiger partial charge in [-0.3, -0.25) is 14.6 Å². The lowest BCUT2D eigenvalue weighted by Crippen LogP contribution is -2.33. The first kappa shape index (κ1) is 17.7. The van der Waals surface area contributed by atoms with Gasteiger partial charge in [-0.05, 0) is 38.1 Å². The van der Waals surface area contributed by atoms with Crippen molar-refractivity contribution in [2.45, 2.75) is 26.8 Å². The van der Waals surface area contributed by atoms with Crippen LogP contribution in [-0.2, 0) is 16.1 Å². The average Bonchev–Trinajstić information content (AvgIpc) is 2.59. The van der Waals surface area contributed by atoms with E-state index in [0.29, 0.717) is 25.3 Å². The lowest BCUT2D eigenvalue weighted by Gasteiger charge is -2.22. The smallest absolute Gasteiger partial charge is 0.307 e. The van der Waals surface area contributed by atoms with Crippen LogP contribution in [0.2, 0.25) is 0 Å². The number of carbonyl (C=O) groups excluding carboxylic acids is 2. The van der Waals surface area contributed by atoms with E-state index in [-0.39, 0.29) is 18.3 Å². The van der Waals surface area contributed by atoms with E-state index in [9.17, 15) is 9.59 Å². The molecule has 0 aliphatic rings. The number of esters is 1. The third-order valence-corrected chi connectivity index (χ3v) is 3.52. The molecule has 1 aromatic carbocycles. The molecule has 0 aliphatic heterocycles. The van der Waals surface area contributed by atoms with E-state index < -0.39 is 0 Å². The number of benzene rings is 1. The molecule has 0 spiro atoms. The number of ether oxygens (including phenoxy) is 1. The van der Waals surface area contributed by atoms with Gasteiger partial charge in [-0.1, -0.05) is 23.8 Å². The van der Waals surface area contributed by atoms with Gasteiger partial charge in [0, 0.05) is 18.3 Å². The van der Waals surface area contributed by atoms with E-state index in [4.69, 9.17) is 4.74 Å². The topological polar surface area (TPSA) is 59.5 Å². The second-order valence-corrected chi connectivity index (χ2v) is 5.47. The van der Waals surface area contributed by atoms with Gasteiger partial charge in [-0.25, -0.2) is 0 Å². The predicted octanol–water partition coefficient (Wildman–Crippen LogP) is 2.99. The molecule has 2 rings (SSSR count). The highest BCUT2D eigenvalue weighted by molar-refractivity contribution is 5.94. The molecule has 0 N–H and O–H groups in total. The maximum atomic E-state index is 12.8. The quantitative estimate of drug-likeness (QED) is 0.734. The first-order valence-electron chi connectivity index (χ1n) is 8.01. The van der Waals surface area contributed by atoms with Gasteiger partial charge in [0.2, 0.25) is 0 Å². The maximum absolute atomic E-state index is 12.8. The first-order chi connectivity index (χ1) is 11.6. The lowest BCUT2D eigenvalue weighted by molar-refractivity contribution is -0.143. The summed E-state index contributed by atoms with van der Waals surface area (Å²) < 4.78 is 4.95. The van der Waals surface area contributed by atoms with Crippen LogP contribution in [0.4, 0.5) is 0 Å². The third-order valence-electron chi connectivity index (χ3n) is 3.52. The zero-order valence-corrected chi connectivity index (χ0v) is 14.1. The molecule has 0 unspecified atom stereocenters. The zero-order chi connectivity index (χ0) is 17.4. The van der Waals surface area contributed by atoms with E-state index in [2.05, 4.69) is 4.98 Å². The molecule has 24 heavy (non-hydrogen) atoms. The molecule has 5 nitrogen and oxygen atoms in total. The van der Waals surface area contributed by atoms with Gasteiger partial charge < -0.3 is 9.64 Å². The first-order valence-corrected chi connectivity index (χ1v) is 8.01. The minimum absolute atomic E-state index is 0.117. The highest BCUT2D eigenvalue weighted by Crippen LogP contribution is 2.11. The van der Waals surface area contributed by atoms with Crippen LogP contribution in [0.25, 0.3) is 0 Å². The summed E-state index contributed by atoms with van der Waals surface area (Å²) in [6, 6.07) is 13.0. The van der Waals surface area contributed by atoms with Crippen molar-refractivity contribution < 1.29 is 14.3 Å². The van der Waals surface area contributed by atoms with Gasteiger partial charge in [0.25, 0.3) is 5.91 Å². The highest BCUT2D eigenvalue weighted by atomic mass is 16.5. The molecule has 1 aromatic heterocycles. The summed E-state index contributed by atoms with van der Waals surface area (Å²) in [6.45, 7) is 4.69. The third kappa shape index (κ3) is 5.19. The molecule has 0 radical (unpaired) electrons. The SMILES string of the molecule is CCOC(=O)CCN(Cc1ccccn1)C(=O)c1cccc(C)c1. The lowest BCUT2D eigenvalue weighted by atomic mass is 10.1. The van der Waals surface area contributed by atoms with Crippen LogP contribution in [0.1, 0.15) is 35.0 Å². The van der Waals surface area contributed by atoms with Crippen molar-refractivity contribution in [1.29, 1.82) is 0 Å². The fraction of sp³-hybridized carbons (Fsp3) is 0.316. The second kappa shape index (κ2) is 8.82. The Hall–Kier alpha value is -2.69. The molecule has 1 heterocycles. The van der Waals surface area contributed by atoms with Crippen LogP contribution < -0.4 is 0 Å². The highest BCUT2D eigenvalue weighted by Gasteiger charge is 2.18. The van der Waals surface area contributed by atoms with E-state index >= 15 is 0 Å². The van der Waals surface area contributed by atoms with Crippen molar-refractivity contribution in [2.75, 3.05) is 13.2 Å². The van der Waals surface area contributed by atoms with Crippen molar-refractivity contribution in [3.63, 3.8) is 0 Å². The van der Waals surface area contributed by atoms with Crippen LogP contribution in [0.15, 0.2) is 48.7 Å². The van der Waals surface area contributed by atoms with Crippen LogP contribution >= 0.6 is 0 Å². The maximum Gasteiger partial charge on any atom is 0.307 e. The van der Waals surface area contributed by atoms with Crippen molar-refractivity contribution in [1.82, 2.24) is 9.88 Å². The molecule has 0 bridgehead atoms. The molecule has 0 atom stereocenters. The van der Waals surface area contributed by atoms with Crippen LogP contribution in [0.3, 0.4) is 0 Å². The zero-order valence-electron chi connectivity index (χ0n) is 14.1. The van der Waals surface area contributed by atoms with Gasteiger partial charge >= 0.3 is 5.97 Å². The van der Waals surface area contributed by atoms with Crippen molar-refractivity contribution >= 4 is 11.9 Å². The minimum atomic E-state index is -0.305. The van der Waals surface area contributed by atoms with E-state index in [0.717, 1.165) is 11.3 Å². The molecule has 2 aromatic rings. The summed E-state index contributed by atoms with van der Waals surface area (Å²) >= 11 is 0. The Balaban J connectivity index is 2.14.